The van der Waals surface area contributed by atoms with Crippen molar-refractivity contribution in [2.45, 2.75) is 127 Å². The van der Waals surface area contributed by atoms with Gasteiger partial charge < -0.3 is 19.5 Å². The lowest BCUT2D eigenvalue weighted by atomic mass is 9.84. The van der Waals surface area contributed by atoms with E-state index in [9.17, 15) is 9.59 Å². The van der Waals surface area contributed by atoms with Crippen molar-refractivity contribution in [3.05, 3.63) is 24.0 Å². The van der Waals surface area contributed by atoms with Crippen molar-refractivity contribution in [3.63, 3.8) is 0 Å². The molecule has 2 fully saturated rings. The molecular formula is C28H44N2O5S. The molecule has 7 nitrogen and oxygen atoms in total. The Hall–Kier alpha value is -1.80. The molecule has 202 valence electrons. The number of amides is 1. The van der Waals surface area contributed by atoms with Crippen LogP contribution < -0.4 is 5.32 Å². The molecule has 0 radical (unpaired) electrons. The van der Waals surface area contributed by atoms with Gasteiger partial charge >= 0.3 is 12.1 Å². The Morgan fingerprint density at radius 1 is 1.25 bits per heavy atom. The molecule has 1 aromatic heterocycles. The minimum Gasteiger partial charge on any atom is -0.444 e. The highest BCUT2D eigenvalue weighted by Crippen LogP contribution is 2.40. The quantitative estimate of drug-likeness (QED) is 0.404. The normalized spacial score (nSPS) is 27.0. The van der Waals surface area contributed by atoms with Gasteiger partial charge in [-0.15, -0.1) is 11.8 Å². The van der Waals surface area contributed by atoms with E-state index in [0.29, 0.717) is 11.7 Å². The third kappa shape index (κ3) is 7.85. The molecule has 0 spiro atoms. The van der Waals surface area contributed by atoms with Gasteiger partial charge in [-0.3, -0.25) is 4.98 Å². The first-order valence-electron chi connectivity index (χ1n) is 13.2. The highest BCUT2D eigenvalue weighted by atomic mass is 32.2. The fraction of sp³-hybridized carbons (Fsp3) is 0.750. The van der Waals surface area contributed by atoms with Crippen molar-refractivity contribution in [2.24, 2.45) is 11.8 Å². The number of thioether (sulfide) groups is 1. The molecule has 1 amide bonds. The van der Waals surface area contributed by atoms with E-state index in [4.69, 9.17) is 14.2 Å². The van der Waals surface area contributed by atoms with Crippen LogP contribution in [0.3, 0.4) is 0 Å². The van der Waals surface area contributed by atoms with Crippen LogP contribution in [0.1, 0.15) is 93.2 Å². The summed E-state index contributed by atoms with van der Waals surface area (Å²) in [6.07, 6.45) is 6.87. The maximum absolute atomic E-state index is 13.5. The number of cyclic esters (lactones) is 1. The summed E-state index contributed by atoms with van der Waals surface area (Å²) in [6, 6.07) is 3.42. The van der Waals surface area contributed by atoms with E-state index in [1.807, 2.05) is 58.5 Å². The predicted octanol–water partition coefficient (Wildman–Crippen LogP) is 6.28. The number of aromatic nitrogens is 1. The maximum Gasteiger partial charge on any atom is 0.407 e. The second kappa shape index (κ2) is 11.3. The Bertz CT molecular complexity index is 921. The van der Waals surface area contributed by atoms with Crippen LogP contribution in [-0.4, -0.2) is 45.3 Å². The topological polar surface area (TPSA) is 86.8 Å². The third-order valence-corrected chi connectivity index (χ3v) is 7.90. The summed E-state index contributed by atoms with van der Waals surface area (Å²) in [6.45, 7) is 15.3. The van der Waals surface area contributed by atoms with Crippen LogP contribution in [0.2, 0.25) is 0 Å². The van der Waals surface area contributed by atoms with Crippen LogP contribution in [0.25, 0.3) is 0 Å². The summed E-state index contributed by atoms with van der Waals surface area (Å²) in [5.74, 6) is -0.618. The summed E-state index contributed by atoms with van der Waals surface area (Å²) in [5, 5.41) is 3.54. The first-order valence-corrected chi connectivity index (χ1v) is 14.1. The standard InChI is InChI=1S/C28H44N2O5S/c1-18(2)15-23(30-25(32)34-26(4,5)6)28(24(31)33-27(7,8)35-28)17-20-16-22(13-14-29-20)36-21-11-9-19(3)10-12-21/h13-14,16,18-19,21,23H,9-12,15,17H2,1-8H3,(H,30,32)/t19-,21-,23-,28+/m0/s1. The van der Waals surface area contributed by atoms with Gasteiger partial charge in [0.25, 0.3) is 0 Å². The Kier molecular flexibility index (Phi) is 9.03. The molecule has 0 bridgehead atoms. The minimum absolute atomic E-state index is 0.186. The largest absolute Gasteiger partial charge is 0.444 e. The van der Waals surface area contributed by atoms with Crippen LogP contribution in [0.4, 0.5) is 4.79 Å². The summed E-state index contributed by atoms with van der Waals surface area (Å²) >= 11 is 1.89. The predicted molar refractivity (Wildman–Crippen MR) is 142 cm³/mol. The second-order valence-electron chi connectivity index (χ2n) is 12.3. The molecule has 0 unspecified atom stereocenters. The lowest BCUT2D eigenvalue weighted by Gasteiger charge is -2.36. The lowest BCUT2D eigenvalue weighted by Crippen LogP contribution is -2.59. The zero-order valence-electron chi connectivity index (χ0n) is 23.2. The van der Waals surface area contributed by atoms with E-state index >= 15 is 0 Å². The molecule has 1 aromatic rings. The first kappa shape index (κ1) is 28.8. The van der Waals surface area contributed by atoms with Crippen molar-refractivity contribution in [2.75, 3.05) is 0 Å². The molecule has 1 N–H and O–H groups in total. The summed E-state index contributed by atoms with van der Waals surface area (Å²) in [4.78, 5) is 32.0. The molecule has 0 aromatic carbocycles. The molecule has 2 heterocycles. The number of hydrogen-bond acceptors (Lipinski definition) is 7. The first-order chi connectivity index (χ1) is 16.7. The van der Waals surface area contributed by atoms with Crippen LogP contribution in [0.15, 0.2) is 23.2 Å². The second-order valence-corrected chi connectivity index (χ2v) is 13.6. The van der Waals surface area contributed by atoms with Gasteiger partial charge in [-0.25, -0.2) is 9.59 Å². The molecular weight excluding hydrogens is 476 g/mol. The van der Waals surface area contributed by atoms with E-state index in [0.717, 1.165) is 16.5 Å². The summed E-state index contributed by atoms with van der Waals surface area (Å²) in [7, 11) is 0. The zero-order chi connectivity index (χ0) is 26.7. The van der Waals surface area contributed by atoms with Crippen molar-refractivity contribution >= 4 is 23.8 Å². The molecule has 2 aliphatic rings. The highest BCUT2D eigenvalue weighted by Gasteiger charge is 2.59. The number of nitrogens with one attached hydrogen (secondary N) is 1. The molecule has 8 heteroatoms. The van der Waals surface area contributed by atoms with Gasteiger partial charge in [0.15, 0.2) is 5.60 Å². The molecule has 2 atom stereocenters. The van der Waals surface area contributed by atoms with E-state index in [2.05, 4.69) is 17.2 Å². The number of nitrogens with zero attached hydrogens (tertiary/aromatic N) is 1. The Balaban J connectivity index is 1.88. The van der Waals surface area contributed by atoms with Crippen LogP contribution in [0.5, 0.6) is 0 Å². The van der Waals surface area contributed by atoms with Crippen LogP contribution in [-0.2, 0) is 25.4 Å². The minimum atomic E-state index is -1.42. The zero-order valence-corrected chi connectivity index (χ0v) is 24.0. The molecule has 1 saturated heterocycles. The van der Waals surface area contributed by atoms with E-state index in [1.54, 1.807) is 20.0 Å². The number of hydrogen-bond donors (Lipinski definition) is 1. The van der Waals surface area contributed by atoms with Gasteiger partial charge in [-0.05, 0) is 76.8 Å². The number of carbonyl (C=O) groups is 2. The van der Waals surface area contributed by atoms with E-state index in [1.165, 1.54) is 25.7 Å². The van der Waals surface area contributed by atoms with Crippen molar-refractivity contribution in [1.29, 1.82) is 0 Å². The van der Waals surface area contributed by atoms with Gasteiger partial charge in [-0.1, -0.05) is 20.8 Å². The molecule has 1 aliphatic carbocycles. The van der Waals surface area contributed by atoms with Crippen molar-refractivity contribution < 1.29 is 23.8 Å². The monoisotopic (exact) mass is 520 g/mol. The number of rotatable bonds is 8. The maximum atomic E-state index is 13.5. The molecule has 1 saturated carbocycles. The smallest absolute Gasteiger partial charge is 0.407 e. The highest BCUT2D eigenvalue weighted by molar-refractivity contribution is 8.00. The Labute approximate surface area is 220 Å². The summed E-state index contributed by atoms with van der Waals surface area (Å²) in [5.41, 5.74) is -1.35. The summed E-state index contributed by atoms with van der Waals surface area (Å²) < 4.78 is 17.5. The number of carbonyl (C=O) groups excluding carboxylic acids is 2. The molecule has 3 rings (SSSR count). The number of alkyl carbamates (subject to hydrolysis) is 1. The Morgan fingerprint density at radius 2 is 1.92 bits per heavy atom. The van der Waals surface area contributed by atoms with Crippen LogP contribution >= 0.6 is 11.8 Å². The molecule has 36 heavy (non-hydrogen) atoms. The Morgan fingerprint density at radius 3 is 2.47 bits per heavy atom. The average Bonchev–Trinajstić information content (AvgIpc) is 2.96. The van der Waals surface area contributed by atoms with Gasteiger partial charge in [0.2, 0.25) is 5.79 Å². The van der Waals surface area contributed by atoms with Crippen molar-refractivity contribution in [3.8, 4) is 0 Å². The van der Waals surface area contributed by atoms with Gasteiger partial charge in [0.05, 0.1) is 6.04 Å². The third-order valence-electron chi connectivity index (χ3n) is 6.57. The van der Waals surface area contributed by atoms with Crippen molar-refractivity contribution in [1.82, 2.24) is 10.3 Å². The van der Waals surface area contributed by atoms with Gasteiger partial charge in [-0.2, -0.15) is 0 Å². The van der Waals surface area contributed by atoms with Gasteiger partial charge in [0.1, 0.15) is 5.60 Å². The SMILES string of the molecule is CC(C)C[C@H](NC(=O)OC(C)(C)C)[C@@]1(Cc2cc(S[C@H]3CC[C@H](C)CC3)ccn2)OC(C)(C)OC1=O. The van der Waals surface area contributed by atoms with Gasteiger partial charge in [0, 0.05) is 42.3 Å². The number of ether oxygens (including phenoxy) is 3. The van der Waals surface area contributed by atoms with Crippen LogP contribution in [0, 0.1) is 11.8 Å². The number of pyridine rings is 1. The van der Waals surface area contributed by atoms with E-state index < -0.39 is 35.1 Å². The number of esters is 1. The molecule has 1 aliphatic heterocycles. The fourth-order valence-corrected chi connectivity index (χ4v) is 6.21. The van der Waals surface area contributed by atoms with E-state index in [-0.39, 0.29) is 12.3 Å². The fourth-order valence-electron chi connectivity index (χ4n) is 4.98. The lowest BCUT2D eigenvalue weighted by molar-refractivity contribution is -0.170. The average molecular weight is 521 g/mol.